The number of carbonyl (C=O) groups is 2. The summed E-state index contributed by atoms with van der Waals surface area (Å²) in [6.45, 7) is 13.7. The molecular formula is C16H23NO5. The third kappa shape index (κ3) is 5.60. The number of ether oxygens (including phenoxy) is 3. The lowest BCUT2D eigenvalue weighted by Gasteiger charge is -2.25. The molecule has 1 unspecified atom stereocenters. The second-order valence-electron chi connectivity index (χ2n) is 5.59. The smallest absolute Gasteiger partial charge is 0.465 e. The van der Waals surface area contributed by atoms with Crippen LogP contribution in [0.4, 0.5) is 4.79 Å². The fourth-order valence-electron chi connectivity index (χ4n) is 1.56. The van der Waals surface area contributed by atoms with Crippen LogP contribution in [0.2, 0.25) is 0 Å². The fourth-order valence-corrected chi connectivity index (χ4v) is 1.56. The molecule has 0 aromatic rings. The van der Waals surface area contributed by atoms with Crippen LogP contribution in [0.5, 0.6) is 0 Å². The van der Waals surface area contributed by atoms with Crippen molar-refractivity contribution in [2.45, 2.75) is 39.7 Å². The Kier molecular flexibility index (Phi) is 7.37. The van der Waals surface area contributed by atoms with Crippen molar-refractivity contribution in [3.8, 4) is 6.07 Å². The maximum absolute atomic E-state index is 12.1. The first-order valence-corrected chi connectivity index (χ1v) is 6.86. The van der Waals surface area contributed by atoms with Gasteiger partial charge >= 0.3 is 12.1 Å². The summed E-state index contributed by atoms with van der Waals surface area (Å²) in [5, 5.41) is 9.40. The molecule has 0 N–H and O–H groups in total. The van der Waals surface area contributed by atoms with Crippen LogP contribution in [0.3, 0.4) is 0 Å². The van der Waals surface area contributed by atoms with Crippen molar-refractivity contribution in [1.29, 1.82) is 5.26 Å². The third-order valence-corrected chi connectivity index (χ3v) is 2.62. The topological polar surface area (TPSA) is 85.6 Å². The first-order valence-electron chi connectivity index (χ1n) is 6.86. The van der Waals surface area contributed by atoms with E-state index in [4.69, 9.17) is 14.2 Å². The van der Waals surface area contributed by atoms with E-state index in [1.807, 2.05) is 6.07 Å². The summed E-state index contributed by atoms with van der Waals surface area (Å²) in [7, 11) is 0. The van der Waals surface area contributed by atoms with Crippen molar-refractivity contribution in [1.82, 2.24) is 0 Å². The predicted molar refractivity (Wildman–Crippen MR) is 80.8 cm³/mol. The molecule has 0 bridgehead atoms. The Hall–Kier alpha value is -2.29. The van der Waals surface area contributed by atoms with Gasteiger partial charge < -0.3 is 14.2 Å². The first-order chi connectivity index (χ1) is 10.1. The minimum Gasteiger partial charge on any atom is -0.465 e. The van der Waals surface area contributed by atoms with Gasteiger partial charge in [-0.1, -0.05) is 12.7 Å². The molecule has 0 aromatic heterocycles. The Morgan fingerprint density at radius 1 is 1.27 bits per heavy atom. The summed E-state index contributed by atoms with van der Waals surface area (Å²) in [5.41, 5.74) is -2.22. The number of esters is 1. The molecule has 0 radical (unpaired) electrons. The van der Waals surface area contributed by atoms with Crippen molar-refractivity contribution in [3.05, 3.63) is 24.8 Å². The van der Waals surface area contributed by atoms with Gasteiger partial charge in [-0.15, -0.1) is 6.58 Å². The maximum atomic E-state index is 12.1. The molecule has 0 aliphatic carbocycles. The molecule has 6 nitrogen and oxygen atoms in total. The molecule has 1 atom stereocenters. The lowest BCUT2D eigenvalue weighted by atomic mass is 9.79. The minimum absolute atomic E-state index is 0.0127. The third-order valence-electron chi connectivity index (χ3n) is 2.62. The van der Waals surface area contributed by atoms with Crippen LogP contribution < -0.4 is 0 Å². The average molecular weight is 309 g/mol. The quantitative estimate of drug-likeness (QED) is 0.530. The molecule has 0 rings (SSSR count). The van der Waals surface area contributed by atoms with Gasteiger partial charge in [0.15, 0.2) is 5.41 Å². The van der Waals surface area contributed by atoms with Gasteiger partial charge in [-0.25, -0.2) is 9.59 Å². The second-order valence-corrected chi connectivity index (χ2v) is 5.59. The SMILES string of the molecule is C=CCC(C#N)(C(=C)COC(=O)OC(C)(C)C)C(=O)OCC. The van der Waals surface area contributed by atoms with Gasteiger partial charge in [-0.3, -0.25) is 0 Å². The van der Waals surface area contributed by atoms with E-state index in [0.29, 0.717) is 0 Å². The molecule has 0 fully saturated rings. The van der Waals surface area contributed by atoms with Crippen molar-refractivity contribution in [3.63, 3.8) is 0 Å². The number of hydrogen-bond donors (Lipinski definition) is 0. The highest BCUT2D eigenvalue weighted by Crippen LogP contribution is 2.32. The Morgan fingerprint density at radius 3 is 2.27 bits per heavy atom. The summed E-state index contributed by atoms with van der Waals surface area (Å²) in [4.78, 5) is 23.6. The molecule has 0 heterocycles. The second kappa shape index (κ2) is 8.23. The van der Waals surface area contributed by atoms with Crippen LogP contribution in [0, 0.1) is 16.7 Å². The zero-order chi connectivity index (χ0) is 17.4. The molecule has 0 amide bonds. The van der Waals surface area contributed by atoms with Crippen molar-refractivity contribution in [2.24, 2.45) is 5.41 Å². The Morgan fingerprint density at radius 2 is 1.86 bits per heavy atom. The number of nitrogens with zero attached hydrogens (tertiary/aromatic N) is 1. The maximum Gasteiger partial charge on any atom is 0.509 e. The van der Waals surface area contributed by atoms with Gasteiger partial charge in [0, 0.05) is 0 Å². The summed E-state index contributed by atoms with van der Waals surface area (Å²) < 4.78 is 14.8. The van der Waals surface area contributed by atoms with Crippen LogP contribution in [-0.2, 0) is 19.0 Å². The zero-order valence-corrected chi connectivity index (χ0v) is 13.6. The highest BCUT2D eigenvalue weighted by Gasteiger charge is 2.42. The lowest BCUT2D eigenvalue weighted by molar-refractivity contribution is -0.150. The Labute approximate surface area is 131 Å². The standard InChI is InChI=1S/C16H23NO5/c1-7-9-16(11-17,13(18)20-8-2)12(3)10-21-14(19)22-15(4,5)6/h7H,1,3,8-10H2,2,4-6H3. The van der Waals surface area contributed by atoms with Crippen LogP contribution >= 0.6 is 0 Å². The molecule has 6 heteroatoms. The number of nitriles is 1. The van der Waals surface area contributed by atoms with E-state index < -0.39 is 23.1 Å². The van der Waals surface area contributed by atoms with Gasteiger partial charge in [0.1, 0.15) is 12.2 Å². The van der Waals surface area contributed by atoms with Crippen molar-refractivity contribution < 1.29 is 23.8 Å². The number of hydrogen-bond acceptors (Lipinski definition) is 6. The van der Waals surface area contributed by atoms with Crippen LogP contribution in [0.25, 0.3) is 0 Å². The van der Waals surface area contributed by atoms with Gasteiger partial charge in [-0.05, 0) is 39.7 Å². The molecule has 0 aliphatic rings. The highest BCUT2D eigenvalue weighted by atomic mass is 16.7. The Balaban J connectivity index is 5.00. The monoisotopic (exact) mass is 309 g/mol. The fraction of sp³-hybridized carbons (Fsp3) is 0.562. The highest BCUT2D eigenvalue weighted by molar-refractivity contribution is 5.84. The summed E-state index contributed by atoms with van der Waals surface area (Å²) in [5.74, 6) is -0.741. The minimum atomic E-state index is -1.63. The number of rotatable bonds is 7. The summed E-state index contributed by atoms with van der Waals surface area (Å²) >= 11 is 0. The Bertz CT molecular complexity index is 484. The van der Waals surface area contributed by atoms with E-state index in [1.54, 1.807) is 27.7 Å². The average Bonchev–Trinajstić information content (AvgIpc) is 2.40. The molecule has 22 heavy (non-hydrogen) atoms. The van der Waals surface area contributed by atoms with E-state index in [9.17, 15) is 14.9 Å². The molecule has 0 aliphatic heterocycles. The molecule has 0 saturated heterocycles. The van der Waals surface area contributed by atoms with Gasteiger partial charge in [0.2, 0.25) is 0 Å². The van der Waals surface area contributed by atoms with E-state index >= 15 is 0 Å². The van der Waals surface area contributed by atoms with Crippen LogP contribution in [0.1, 0.15) is 34.1 Å². The normalized spacial score (nSPS) is 13.2. The van der Waals surface area contributed by atoms with Crippen LogP contribution in [-0.4, -0.2) is 30.9 Å². The largest absolute Gasteiger partial charge is 0.509 e. The number of allylic oxidation sites excluding steroid dienone is 1. The van der Waals surface area contributed by atoms with E-state index in [-0.39, 0.29) is 25.2 Å². The van der Waals surface area contributed by atoms with Gasteiger partial charge in [0.05, 0.1) is 12.7 Å². The first kappa shape index (κ1) is 19.7. The predicted octanol–water partition coefficient (Wildman–Crippen LogP) is 3.14. The van der Waals surface area contributed by atoms with Crippen molar-refractivity contribution in [2.75, 3.05) is 13.2 Å². The van der Waals surface area contributed by atoms with Gasteiger partial charge in [-0.2, -0.15) is 5.26 Å². The molecule has 0 spiro atoms. The van der Waals surface area contributed by atoms with E-state index in [0.717, 1.165) is 0 Å². The zero-order valence-electron chi connectivity index (χ0n) is 13.6. The molecular weight excluding hydrogens is 286 g/mol. The summed E-state index contributed by atoms with van der Waals surface area (Å²) in [6, 6.07) is 1.90. The molecule has 122 valence electrons. The lowest BCUT2D eigenvalue weighted by Crippen LogP contribution is -2.35. The van der Waals surface area contributed by atoms with Crippen molar-refractivity contribution >= 4 is 12.1 Å². The number of carbonyl (C=O) groups excluding carboxylic acids is 2. The molecule has 0 saturated carbocycles. The summed E-state index contributed by atoms with van der Waals surface area (Å²) in [6.07, 6.45) is 0.528. The van der Waals surface area contributed by atoms with Crippen LogP contribution in [0.15, 0.2) is 24.8 Å². The molecule has 0 aromatic carbocycles. The van der Waals surface area contributed by atoms with Gasteiger partial charge in [0.25, 0.3) is 0 Å². The van der Waals surface area contributed by atoms with E-state index in [1.165, 1.54) is 6.08 Å². The van der Waals surface area contributed by atoms with E-state index in [2.05, 4.69) is 13.2 Å².